The molecule has 0 aromatic carbocycles. The van der Waals surface area contributed by atoms with E-state index in [0.717, 1.165) is 51.4 Å². The summed E-state index contributed by atoms with van der Waals surface area (Å²) in [6.45, 7) is 4.83. The number of amides is 1. The van der Waals surface area contributed by atoms with Gasteiger partial charge < -0.3 is 20.3 Å². The van der Waals surface area contributed by atoms with Crippen molar-refractivity contribution in [1.29, 1.82) is 0 Å². The third kappa shape index (κ3) is 41.5. The Balaban J connectivity index is 3.58. The third-order valence-corrected chi connectivity index (χ3v) is 10.7. The predicted octanol–water partition coefficient (Wildman–Crippen LogP) is 13.7. The highest BCUT2D eigenvalue weighted by molar-refractivity contribution is 5.76. The van der Waals surface area contributed by atoms with E-state index in [-0.39, 0.29) is 18.5 Å². The van der Waals surface area contributed by atoms with E-state index in [9.17, 15) is 19.8 Å². The number of aliphatic hydroxyl groups is 2. The SMILES string of the molecule is CCCC/C=C\CCCCCCCC(=O)OCCCCCCCC/C=C\C/C=C\CCC(=O)NC(CO)C(O)CCCCCCCCCCCCCCCC. The maximum absolute atomic E-state index is 12.4. The first-order valence-electron chi connectivity index (χ1n) is 23.7. The first kappa shape index (κ1) is 53.1. The molecule has 0 heterocycles. The minimum atomic E-state index is -0.698. The number of unbranched alkanes of at least 4 members (excludes halogenated alkanes) is 26. The van der Waals surface area contributed by atoms with Crippen LogP contribution in [0.4, 0.5) is 0 Å². The Morgan fingerprint density at radius 3 is 1.49 bits per heavy atom. The number of carbonyl (C=O) groups excluding carboxylic acids is 2. The summed E-state index contributed by atoms with van der Waals surface area (Å²) in [6, 6.07) is -0.585. The summed E-state index contributed by atoms with van der Waals surface area (Å²) in [5.41, 5.74) is 0. The molecule has 0 bridgehead atoms. The Hall–Kier alpha value is -1.92. The van der Waals surface area contributed by atoms with Crippen molar-refractivity contribution in [3.8, 4) is 0 Å². The number of esters is 1. The van der Waals surface area contributed by atoms with Gasteiger partial charge in [0.1, 0.15) is 0 Å². The molecule has 0 rings (SSSR count). The number of nitrogens with one attached hydrogen (secondary N) is 1. The van der Waals surface area contributed by atoms with Gasteiger partial charge in [-0.2, -0.15) is 0 Å². The van der Waals surface area contributed by atoms with Crippen LogP contribution >= 0.6 is 0 Å². The zero-order chi connectivity index (χ0) is 40.1. The molecule has 6 nitrogen and oxygen atoms in total. The molecule has 0 radical (unpaired) electrons. The fraction of sp³-hybridized carbons (Fsp3) is 0.837. The monoisotopic (exact) mass is 774 g/mol. The highest BCUT2D eigenvalue weighted by atomic mass is 16.5. The van der Waals surface area contributed by atoms with Gasteiger partial charge in [-0.15, -0.1) is 0 Å². The third-order valence-electron chi connectivity index (χ3n) is 10.7. The van der Waals surface area contributed by atoms with Crippen LogP contribution in [0.15, 0.2) is 36.5 Å². The normalized spacial score (nSPS) is 13.0. The molecule has 55 heavy (non-hydrogen) atoms. The summed E-state index contributed by atoms with van der Waals surface area (Å²) in [4.78, 5) is 24.3. The van der Waals surface area contributed by atoms with Gasteiger partial charge in [-0.3, -0.25) is 9.59 Å². The molecule has 322 valence electrons. The summed E-state index contributed by atoms with van der Waals surface area (Å²) in [6.07, 6.45) is 52.6. The molecule has 3 N–H and O–H groups in total. The molecule has 0 aliphatic rings. The van der Waals surface area contributed by atoms with Crippen molar-refractivity contribution in [3.63, 3.8) is 0 Å². The number of ether oxygens (including phenoxy) is 1. The van der Waals surface area contributed by atoms with Crippen LogP contribution in [0.1, 0.15) is 239 Å². The van der Waals surface area contributed by atoms with Crippen molar-refractivity contribution in [3.05, 3.63) is 36.5 Å². The van der Waals surface area contributed by atoms with Crippen LogP contribution in [0.5, 0.6) is 0 Å². The Labute approximate surface area is 341 Å². The Bertz CT molecular complexity index is 900. The Morgan fingerprint density at radius 2 is 0.945 bits per heavy atom. The summed E-state index contributed by atoms with van der Waals surface area (Å²) in [5.74, 6) is -0.146. The molecule has 0 saturated heterocycles. The van der Waals surface area contributed by atoms with Crippen molar-refractivity contribution in [2.45, 2.75) is 251 Å². The van der Waals surface area contributed by atoms with E-state index in [0.29, 0.717) is 32.3 Å². The first-order chi connectivity index (χ1) is 27.0. The van der Waals surface area contributed by atoms with Gasteiger partial charge in [-0.1, -0.05) is 198 Å². The van der Waals surface area contributed by atoms with Crippen LogP contribution in [0.2, 0.25) is 0 Å². The second-order valence-corrected chi connectivity index (χ2v) is 16.1. The number of allylic oxidation sites excluding steroid dienone is 6. The summed E-state index contributed by atoms with van der Waals surface area (Å²) in [7, 11) is 0. The van der Waals surface area contributed by atoms with E-state index >= 15 is 0 Å². The van der Waals surface area contributed by atoms with Crippen molar-refractivity contribution < 1.29 is 24.5 Å². The molecule has 0 aliphatic heterocycles. The smallest absolute Gasteiger partial charge is 0.305 e. The number of aliphatic hydroxyl groups excluding tert-OH is 2. The lowest BCUT2D eigenvalue weighted by atomic mass is 10.0. The topological polar surface area (TPSA) is 95.9 Å². The average Bonchev–Trinajstić information content (AvgIpc) is 3.18. The molecule has 2 atom stereocenters. The van der Waals surface area contributed by atoms with Crippen molar-refractivity contribution >= 4 is 11.9 Å². The molecule has 0 spiro atoms. The summed E-state index contributed by atoms with van der Waals surface area (Å²) in [5, 5.41) is 23.1. The van der Waals surface area contributed by atoms with E-state index in [1.54, 1.807) is 0 Å². The minimum Gasteiger partial charge on any atom is -0.466 e. The van der Waals surface area contributed by atoms with Gasteiger partial charge in [0.2, 0.25) is 5.91 Å². The highest BCUT2D eigenvalue weighted by Gasteiger charge is 2.19. The van der Waals surface area contributed by atoms with Crippen LogP contribution in [0.3, 0.4) is 0 Å². The first-order valence-corrected chi connectivity index (χ1v) is 23.7. The Kier molecular flexibility index (Phi) is 43.2. The maximum Gasteiger partial charge on any atom is 0.305 e. The molecule has 0 aromatic heterocycles. The number of hydrogen-bond donors (Lipinski definition) is 3. The van der Waals surface area contributed by atoms with E-state index in [1.165, 1.54) is 148 Å². The predicted molar refractivity (Wildman–Crippen MR) is 236 cm³/mol. The molecule has 0 aromatic rings. The lowest BCUT2D eigenvalue weighted by Crippen LogP contribution is -2.45. The van der Waals surface area contributed by atoms with Gasteiger partial charge >= 0.3 is 5.97 Å². The zero-order valence-electron chi connectivity index (χ0n) is 36.4. The van der Waals surface area contributed by atoms with Gasteiger partial charge in [0.15, 0.2) is 0 Å². The zero-order valence-corrected chi connectivity index (χ0v) is 36.4. The average molecular weight is 774 g/mol. The lowest BCUT2D eigenvalue weighted by Gasteiger charge is -2.22. The second kappa shape index (κ2) is 44.8. The fourth-order valence-corrected chi connectivity index (χ4v) is 6.96. The molecule has 6 heteroatoms. The van der Waals surface area contributed by atoms with Crippen LogP contribution in [-0.2, 0) is 14.3 Å². The van der Waals surface area contributed by atoms with Gasteiger partial charge in [-0.25, -0.2) is 0 Å². The van der Waals surface area contributed by atoms with Crippen molar-refractivity contribution in [2.24, 2.45) is 0 Å². The van der Waals surface area contributed by atoms with Crippen molar-refractivity contribution in [2.75, 3.05) is 13.2 Å². The molecule has 0 fully saturated rings. The highest BCUT2D eigenvalue weighted by Crippen LogP contribution is 2.15. The second-order valence-electron chi connectivity index (χ2n) is 16.1. The number of carbonyl (C=O) groups is 2. The Morgan fingerprint density at radius 1 is 0.509 bits per heavy atom. The van der Waals surface area contributed by atoms with Gasteiger partial charge in [-0.05, 0) is 64.2 Å². The van der Waals surface area contributed by atoms with E-state index in [2.05, 4.69) is 49.5 Å². The van der Waals surface area contributed by atoms with Crippen LogP contribution in [0.25, 0.3) is 0 Å². The van der Waals surface area contributed by atoms with E-state index in [4.69, 9.17) is 4.74 Å². The van der Waals surface area contributed by atoms with Gasteiger partial charge in [0, 0.05) is 12.8 Å². The van der Waals surface area contributed by atoms with Crippen LogP contribution in [-0.4, -0.2) is 47.4 Å². The van der Waals surface area contributed by atoms with Crippen LogP contribution < -0.4 is 5.32 Å². The molecule has 0 saturated carbocycles. The molecule has 1 amide bonds. The fourth-order valence-electron chi connectivity index (χ4n) is 6.96. The van der Waals surface area contributed by atoms with E-state index in [1.807, 2.05) is 6.08 Å². The molecule has 2 unspecified atom stereocenters. The number of hydrogen-bond acceptors (Lipinski definition) is 5. The summed E-state index contributed by atoms with van der Waals surface area (Å²) < 4.78 is 5.42. The molecular formula is C49H91NO5. The molecular weight excluding hydrogens is 683 g/mol. The minimum absolute atomic E-state index is 0.0289. The van der Waals surface area contributed by atoms with Crippen LogP contribution in [0, 0.1) is 0 Å². The number of rotatable bonds is 43. The van der Waals surface area contributed by atoms with Gasteiger partial charge in [0.25, 0.3) is 0 Å². The standard InChI is InChI=1S/C49H91NO5/c1-3-5-7-9-11-13-15-16-18-22-25-29-33-37-41-47(52)46(45-51)50-48(53)42-38-34-30-26-23-19-17-20-24-28-32-36-40-44-55-49(54)43-39-35-31-27-21-14-12-10-8-6-4-2/h10,12,19,23,30,34,46-47,51-52H,3-9,11,13-18,20-22,24-29,31-33,35-45H2,1-2H3,(H,50,53)/b12-10-,23-19-,34-30-. The largest absolute Gasteiger partial charge is 0.466 e. The summed E-state index contributed by atoms with van der Waals surface area (Å²) >= 11 is 0. The lowest BCUT2D eigenvalue weighted by molar-refractivity contribution is -0.143. The quantitative estimate of drug-likeness (QED) is 0.0326. The molecule has 0 aliphatic carbocycles. The van der Waals surface area contributed by atoms with Gasteiger partial charge in [0.05, 0.1) is 25.4 Å². The maximum atomic E-state index is 12.4. The van der Waals surface area contributed by atoms with E-state index < -0.39 is 12.1 Å². The van der Waals surface area contributed by atoms with Crippen molar-refractivity contribution in [1.82, 2.24) is 5.32 Å².